The van der Waals surface area contributed by atoms with Gasteiger partial charge in [-0.3, -0.25) is 0 Å². The number of hydrogen-bond donors (Lipinski definition) is 1. The van der Waals surface area contributed by atoms with Crippen LogP contribution in [0.15, 0.2) is 18.2 Å². The third-order valence-corrected chi connectivity index (χ3v) is 1.71. The minimum atomic E-state index is -0.542. The van der Waals surface area contributed by atoms with Gasteiger partial charge in [-0.2, -0.15) is 5.26 Å². The molecule has 0 saturated carbocycles. The molecule has 74 valence electrons. The Labute approximate surface area is 87.5 Å². The molecule has 1 N–H and O–H groups in total. The van der Waals surface area contributed by atoms with E-state index < -0.39 is 6.10 Å². The standard InChI is InChI=1S/C10H10ClNO2/c1-7(13)6-14-10-3-8(5-12)2-9(11)4-10/h2-4,7,13H,6H2,1H3/t7-/m0/s1. The molecule has 1 aromatic carbocycles. The van der Waals surface area contributed by atoms with Crippen LogP contribution in [-0.2, 0) is 0 Å². The highest BCUT2D eigenvalue weighted by atomic mass is 35.5. The van der Waals surface area contributed by atoms with Crippen molar-refractivity contribution in [3.05, 3.63) is 28.8 Å². The zero-order valence-electron chi connectivity index (χ0n) is 7.70. The maximum absolute atomic E-state index is 8.99. The Balaban J connectivity index is 2.78. The predicted octanol–water partition coefficient (Wildman–Crippen LogP) is 1.97. The molecule has 0 bridgehead atoms. The zero-order valence-corrected chi connectivity index (χ0v) is 8.45. The van der Waals surface area contributed by atoms with Gasteiger partial charge in [0, 0.05) is 5.02 Å². The van der Waals surface area contributed by atoms with Crippen LogP contribution >= 0.6 is 11.6 Å². The van der Waals surface area contributed by atoms with Crippen LogP contribution in [0.1, 0.15) is 12.5 Å². The van der Waals surface area contributed by atoms with Crippen LogP contribution in [0.4, 0.5) is 0 Å². The van der Waals surface area contributed by atoms with Crippen molar-refractivity contribution in [1.29, 1.82) is 5.26 Å². The second-order valence-corrected chi connectivity index (χ2v) is 3.38. The Morgan fingerprint density at radius 3 is 2.86 bits per heavy atom. The van der Waals surface area contributed by atoms with Crippen molar-refractivity contribution < 1.29 is 9.84 Å². The first-order valence-electron chi connectivity index (χ1n) is 4.13. The van der Waals surface area contributed by atoms with Crippen LogP contribution < -0.4 is 4.74 Å². The Kier molecular flexibility index (Phi) is 3.75. The summed E-state index contributed by atoms with van der Waals surface area (Å²) in [6.07, 6.45) is -0.542. The van der Waals surface area contributed by atoms with Crippen molar-refractivity contribution in [3.8, 4) is 11.8 Å². The van der Waals surface area contributed by atoms with Crippen LogP contribution in [0, 0.1) is 11.3 Å². The van der Waals surface area contributed by atoms with Gasteiger partial charge >= 0.3 is 0 Å². The number of aliphatic hydroxyl groups excluding tert-OH is 1. The lowest BCUT2D eigenvalue weighted by molar-refractivity contribution is 0.122. The van der Waals surface area contributed by atoms with Crippen LogP contribution in [0.5, 0.6) is 5.75 Å². The molecule has 0 aromatic heterocycles. The maximum Gasteiger partial charge on any atom is 0.122 e. The second kappa shape index (κ2) is 4.85. The summed E-state index contributed by atoms with van der Waals surface area (Å²) in [7, 11) is 0. The molecule has 1 rings (SSSR count). The lowest BCUT2D eigenvalue weighted by Gasteiger charge is -2.08. The number of aliphatic hydroxyl groups is 1. The highest BCUT2D eigenvalue weighted by Gasteiger charge is 2.01. The fourth-order valence-corrected chi connectivity index (χ4v) is 1.15. The van der Waals surface area contributed by atoms with E-state index in [1.165, 1.54) is 0 Å². The van der Waals surface area contributed by atoms with Crippen molar-refractivity contribution >= 4 is 11.6 Å². The Bertz CT molecular complexity index is 358. The van der Waals surface area contributed by atoms with E-state index in [0.29, 0.717) is 16.3 Å². The molecule has 3 nitrogen and oxygen atoms in total. The molecular weight excluding hydrogens is 202 g/mol. The summed E-state index contributed by atoms with van der Waals surface area (Å²) in [6.45, 7) is 1.81. The first-order valence-corrected chi connectivity index (χ1v) is 4.51. The predicted molar refractivity (Wildman–Crippen MR) is 53.3 cm³/mol. The average molecular weight is 212 g/mol. The van der Waals surface area contributed by atoms with Gasteiger partial charge < -0.3 is 9.84 Å². The van der Waals surface area contributed by atoms with Gasteiger partial charge in [-0.05, 0) is 25.1 Å². The molecule has 1 aromatic rings. The number of rotatable bonds is 3. The number of ether oxygens (including phenoxy) is 1. The van der Waals surface area contributed by atoms with Gasteiger partial charge in [-0.15, -0.1) is 0 Å². The highest BCUT2D eigenvalue weighted by molar-refractivity contribution is 6.30. The molecule has 0 saturated heterocycles. The molecule has 0 radical (unpaired) electrons. The first-order chi connectivity index (χ1) is 6.61. The summed E-state index contributed by atoms with van der Waals surface area (Å²) in [5.74, 6) is 0.495. The van der Waals surface area contributed by atoms with Crippen LogP contribution in [0.3, 0.4) is 0 Å². The third kappa shape index (κ3) is 3.25. The normalized spacial score (nSPS) is 11.9. The van der Waals surface area contributed by atoms with E-state index in [9.17, 15) is 0 Å². The molecule has 0 spiro atoms. The van der Waals surface area contributed by atoms with E-state index in [1.807, 2.05) is 6.07 Å². The van der Waals surface area contributed by atoms with Crippen LogP contribution in [-0.4, -0.2) is 17.8 Å². The molecule has 4 heteroatoms. The number of benzene rings is 1. The maximum atomic E-state index is 8.99. The Morgan fingerprint density at radius 2 is 2.29 bits per heavy atom. The lowest BCUT2D eigenvalue weighted by atomic mass is 10.2. The summed E-state index contributed by atoms with van der Waals surface area (Å²) in [4.78, 5) is 0. The van der Waals surface area contributed by atoms with E-state index in [4.69, 9.17) is 26.7 Å². The quantitative estimate of drug-likeness (QED) is 0.832. The van der Waals surface area contributed by atoms with Crippen molar-refractivity contribution in [3.63, 3.8) is 0 Å². The molecule has 0 aliphatic rings. The lowest BCUT2D eigenvalue weighted by Crippen LogP contribution is -2.12. The fraction of sp³-hybridized carbons (Fsp3) is 0.300. The first kappa shape index (κ1) is 10.8. The summed E-state index contributed by atoms with van der Waals surface area (Å²) in [5, 5.41) is 18.1. The summed E-state index contributed by atoms with van der Waals surface area (Å²) < 4.78 is 5.21. The zero-order chi connectivity index (χ0) is 10.6. The molecule has 0 fully saturated rings. The molecule has 1 atom stereocenters. The Hall–Kier alpha value is -1.24. The second-order valence-electron chi connectivity index (χ2n) is 2.95. The minimum absolute atomic E-state index is 0.186. The van der Waals surface area contributed by atoms with Gasteiger partial charge in [0.25, 0.3) is 0 Å². The van der Waals surface area contributed by atoms with Crippen molar-refractivity contribution in [2.24, 2.45) is 0 Å². The number of nitrogens with zero attached hydrogens (tertiary/aromatic N) is 1. The summed E-state index contributed by atoms with van der Waals surface area (Å²) in [6, 6.07) is 6.70. The third-order valence-electron chi connectivity index (χ3n) is 1.49. The summed E-state index contributed by atoms with van der Waals surface area (Å²) in [5.41, 5.74) is 0.443. The number of halogens is 1. The molecule has 0 amide bonds. The molecule has 0 aliphatic heterocycles. The van der Waals surface area contributed by atoms with Crippen LogP contribution in [0.2, 0.25) is 5.02 Å². The summed E-state index contributed by atoms with van der Waals surface area (Å²) >= 11 is 5.75. The highest BCUT2D eigenvalue weighted by Crippen LogP contribution is 2.20. The van der Waals surface area contributed by atoms with Crippen LogP contribution in [0.25, 0.3) is 0 Å². The van der Waals surface area contributed by atoms with E-state index in [0.717, 1.165) is 0 Å². The Morgan fingerprint density at radius 1 is 1.57 bits per heavy atom. The smallest absolute Gasteiger partial charge is 0.122 e. The SMILES string of the molecule is C[C@H](O)COc1cc(Cl)cc(C#N)c1. The number of hydrogen-bond acceptors (Lipinski definition) is 3. The van der Waals surface area contributed by atoms with Gasteiger partial charge in [-0.25, -0.2) is 0 Å². The topological polar surface area (TPSA) is 53.2 Å². The number of nitriles is 1. The molecular formula is C10H10ClNO2. The van der Waals surface area contributed by atoms with Crippen molar-refractivity contribution in [1.82, 2.24) is 0 Å². The molecule has 0 heterocycles. The largest absolute Gasteiger partial charge is 0.491 e. The van der Waals surface area contributed by atoms with Crippen molar-refractivity contribution in [2.75, 3.05) is 6.61 Å². The van der Waals surface area contributed by atoms with Crippen molar-refractivity contribution in [2.45, 2.75) is 13.0 Å². The monoisotopic (exact) mass is 211 g/mol. The van der Waals surface area contributed by atoms with E-state index >= 15 is 0 Å². The van der Waals surface area contributed by atoms with Gasteiger partial charge in [0.15, 0.2) is 0 Å². The van der Waals surface area contributed by atoms with Gasteiger partial charge in [0.05, 0.1) is 17.7 Å². The molecule has 0 aliphatic carbocycles. The van der Waals surface area contributed by atoms with E-state index in [2.05, 4.69) is 0 Å². The van der Waals surface area contributed by atoms with E-state index in [-0.39, 0.29) is 6.61 Å². The fourth-order valence-electron chi connectivity index (χ4n) is 0.927. The van der Waals surface area contributed by atoms with Gasteiger partial charge in [0.1, 0.15) is 12.4 Å². The van der Waals surface area contributed by atoms with Gasteiger partial charge in [0.2, 0.25) is 0 Å². The molecule has 0 unspecified atom stereocenters. The van der Waals surface area contributed by atoms with Gasteiger partial charge in [-0.1, -0.05) is 11.6 Å². The van der Waals surface area contributed by atoms with E-state index in [1.54, 1.807) is 25.1 Å². The minimum Gasteiger partial charge on any atom is -0.491 e. The molecule has 14 heavy (non-hydrogen) atoms. The average Bonchev–Trinajstić information content (AvgIpc) is 2.14.